The van der Waals surface area contributed by atoms with Gasteiger partial charge in [-0.25, -0.2) is 5.43 Å². The minimum atomic E-state index is -0.839. The Hall–Kier alpha value is -1.14. The molecule has 14 heavy (non-hydrogen) atoms. The lowest BCUT2D eigenvalue weighted by Gasteiger charge is -2.12. The molecule has 6 heteroatoms. The van der Waals surface area contributed by atoms with E-state index in [0.717, 1.165) is 0 Å². The Kier molecular flexibility index (Phi) is 6.69. The molecule has 0 aromatic heterocycles. The number of nitrogens with two attached hydrogens (primary N) is 1. The van der Waals surface area contributed by atoms with E-state index in [1.165, 1.54) is 0 Å². The zero-order valence-corrected chi connectivity index (χ0v) is 8.41. The lowest BCUT2D eigenvalue weighted by atomic mass is 10.2. The summed E-state index contributed by atoms with van der Waals surface area (Å²) in [4.78, 5) is 22.1. The van der Waals surface area contributed by atoms with E-state index >= 15 is 0 Å². The number of esters is 2. The topological polar surface area (TPSA) is 90.6 Å². The van der Waals surface area contributed by atoms with Gasteiger partial charge in [-0.1, -0.05) is 0 Å². The summed E-state index contributed by atoms with van der Waals surface area (Å²) in [5, 5.41) is 0. The van der Waals surface area contributed by atoms with Crippen molar-refractivity contribution >= 4 is 11.9 Å². The third-order valence-corrected chi connectivity index (χ3v) is 1.45. The maximum atomic E-state index is 11.1. The largest absolute Gasteiger partial charge is 0.466 e. The van der Waals surface area contributed by atoms with Crippen molar-refractivity contribution < 1.29 is 19.1 Å². The van der Waals surface area contributed by atoms with Gasteiger partial charge in [-0.15, -0.1) is 0 Å². The molecule has 0 rings (SSSR count). The van der Waals surface area contributed by atoms with E-state index in [9.17, 15) is 9.59 Å². The predicted molar refractivity (Wildman–Crippen MR) is 49.0 cm³/mol. The van der Waals surface area contributed by atoms with Crippen LogP contribution in [0.3, 0.4) is 0 Å². The molecule has 0 bridgehead atoms. The van der Waals surface area contributed by atoms with Crippen molar-refractivity contribution in [3.63, 3.8) is 0 Å². The summed E-state index contributed by atoms with van der Waals surface area (Å²) in [6.07, 6.45) is -0.122. The number of nitrogens with one attached hydrogen (secondary N) is 1. The molecule has 1 atom stereocenters. The Morgan fingerprint density at radius 3 is 2.29 bits per heavy atom. The third-order valence-electron chi connectivity index (χ3n) is 1.45. The van der Waals surface area contributed by atoms with Crippen molar-refractivity contribution in [1.29, 1.82) is 0 Å². The van der Waals surface area contributed by atoms with Gasteiger partial charge >= 0.3 is 11.9 Å². The Balaban J connectivity index is 4.01. The number of rotatable bonds is 6. The first kappa shape index (κ1) is 12.9. The van der Waals surface area contributed by atoms with Gasteiger partial charge in [0.25, 0.3) is 0 Å². The van der Waals surface area contributed by atoms with Gasteiger partial charge in [-0.05, 0) is 13.8 Å². The maximum absolute atomic E-state index is 11.1. The Labute approximate surface area is 82.7 Å². The Morgan fingerprint density at radius 1 is 1.29 bits per heavy atom. The van der Waals surface area contributed by atoms with Crippen LogP contribution in [0.15, 0.2) is 0 Å². The highest BCUT2D eigenvalue weighted by Crippen LogP contribution is 1.97. The van der Waals surface area contributed by atoms with Gasteiger partial charge in [0.2, 0.25) is 0 Å². The van der Waals surface area contributed by atoms with Crippen molar-refractivity contribution in [1.82, 2.24) is 5.43 Å². The Morgan fingerprint density at radius 2 is 1.86 bits per heavy atom. The van der Waals surface area contributed by atoms with Crippen LogP contribution in [0.1, 0.15) is 20.3 Å². The number of hydrazine groups is 1. The molecule has 0 saturated heterocycles. The highest BCUT2D eigenvalue weighted by molar-refractivity contribution is 5.82. The molecule has 0 amide bonds. The fourth-order valence-electron chi connectivity index (χ4n) is 0.840. The van der Waals surface area contributed by atoms with Crippen molar-refractivity contribution in [2.45, 2.75) is 26.3 Å². The molecule has 0 spiro atoms. The Bertz CT molecular complexity index is 196. The van der Waals surface area contributed by atoms with E-state index in [0.29, 0.717) is 0 Å². The van der Waals surface area contributed by atoms with Crippen molar-refractivity contribution in [2.24, 2.45) is 5.84 Å². The number of hydrogen-bond donors (Lipinski definition) is 2. The molecule has 0 heterocycles. The molecule has 0 aromatic rings. The lowest BCUT2D eigenvalue weighted by Crippen LogP contribution is -2.44. The van der Waals surface area contributed by atoms with E-state index in [-0.39, 0.29) is 19.6 Å². The summed E-state index contributed by atoms with van der Waals surface area (Å²) in [5.74, 6) is 4.05. The second-order valence-corrected chi connectivity index (χ2v) is 2.48. The minimum Gasteiger partial charge on any atom is -0.466 e. The van der Waals surface area contributed by atoms with Crippen LogP contribution in [-0.2, 0) is 19.1 Å². The highest BCUT2D eigenvalue weighted by Gasteiger charge is 2.22. The zero-order valence-electron chi connectivity index (χ0n) is 8.41. The lowest BCUT2D eigenvalue weighted by molar-refractivity contribution is -0.152. The molecule has 0 radical (unpaired) electrons. The van der Waals surface area contributed by atoms with Crippen LogP contribution in [-0.4, -0.2) is 31.2 Å². The fourth-order valence-corrected chi connectivity index (χ4v) is 0.840. The van der Waals surface area contributed by atoms with Gasteiger partial charge in [-0.3, -0.25) is 15.4 Å². The van der Waals surface area contributed by atoms with Gasteiger partial charge in [0.1, 0.15) is 6.04 Å². The van der Waals surface area contributed by atoms with Crippen molar-refractivity contribution in [2.75, 3.05) is 13.2 Å². The maximum Gasteiger partial charge on any atom is 0.325 e. The number of carbonyl (C=O) groups is 2. The van der Waals surface area contributed by atoms with Gasteiger partial charge in [0, 0.05) is 0 Å². The normalized spacial score (nSPS) is 11.9. The molecule has 6 nitrogen and oxygen atoms in total. The molecular formula is C8H16N2O4. The van der Waals surface area contributed by atoms with E-state index < -0.39 is 18.0 Å². The highest BCUT2D eigenvalue weighted by atomic mass is 16.5. The third kappa shape index (κ3) is 4.78. The summed E-state index contributed by atoms with van der Waals surface area (Å²) in [6.45, 7) is 3.89. The summed E-state index contributed by atoms with van der Waals surface area (Å²) in [6, 6.07) is -0.839. The molecule has 0 aliphatic rings. The van der Waals surface area contributed by atoms with Crippen LogP contribution < -0.4 is 11.3 Å². The quantitative estimate of drug-likeness (QED) is 0.339. The summed E-state index contributed by atoms with van der Waals surface area (Å²) in [7, 11) is 0. The van der Waals surface area contributed by atoms with Crippen molar-refractivity contribution in [3.8, 4) is 0 Å². The monoisotopic (exact) mass is 204 g/mol. The molecule has 82 valence electrons. The zero-order chi connectivity index (χ0) is 11.0. The molecule has 1 unspecified atom stereocenters. The van der Waals surface area contributed by atoms with E-state index in [1.54, 1.807) is 13.8 Å². The molecule has 0 aliphatic heterocycles. The average molecular weight is 204 g/mol. The van der Waals surface area contributed by atoms with Crippen LogP contribution in [0.2, 0.25) is 0 Å². The SMILES string of the molecule is CCOC(=O)CC(NN)C(=O)OCC. The summed E-state index contributed by atoms with van der Waals surface area (Å²) in [5.41, 5.74) is 2.20. The van der Waals surface area contributed by atoms with E-state index in [2.05, 4.69) is 14.9 Å². The summed E-state index contributed by atoms with van der Waals surface area (Å²) < 4.78 is 9.34. The van der Waals surface area contributed by atoms with Crippen molar-refractivity contribution in [3.05, 3.63) is 0 Å². The van der Waals surface area contributed by atoms with Crippen LogP contribution in [0.4, 0.5) is 0 Å². The van der Waals surface area contributed by atoms with Crippen LogP contribution in [0.5, 0.6) is 0 Å². The van der Waals surface area contributed by atoms with Gasteiger partial charge in [0.05, 0.1) is 19.6 Å². The number of hydrogen-bond acceptors (Lipinski definition) is 6. The first-order valence-corrected chi connectivity index (χ1v) is 4.44. The number of ether oxygens (including phenoxy) is 2. The van der Waals surface area contributed by atoms with Crippen LogP contribution in [0.25, 0.3) is 0 Å². The van der Waals surface area contributed by atoms with Gasteiger partial charge in [-0.2, -0.15) is 0 Å². The second-order valence-electron chi connectivity index (χ2n) is 2.48. The van der Waals surface area contributed by atoms with E-state index in [1.807, 2.05) is 0 Å². The predicted octanol–water partition coefficient (Wildman–Crippen LogP) is -0.665. The standard InChI is InChI=1S/C8H16N2O4/c1-3-13-7(11)5-6(10-9)8(12)14-4-2/h6,10H,3-5,9H2,1-2H3. The van der Waals surface area contributed by atoms with E-state index in [4.69, 9.17) is 5.84 Å². The molecule has 3 N–H and O–H groups in total. The fraction of sp³-hybridized carbons (Fsp3) is 0.750. The number of carbonyl (C=O) groups excluding carboxylic acids is 2. The molecule has 0 aliphatic carbocycles. The molecule has 0 fully saturated rings. The first-order valence-electron chi connectivity index (χ1n) is 4.44. The average Bonchev–Trinajstić information content (AvgIpc) is 2.15. The smallest absolute Gasteiger partial charge is 0.325 e. The minimum absolute atomic E-state index is 0.122. The second kappa shape index (κ2) is 7.28. The van der Waals surface area contributed by atoms with Gasteiger partial charge < -0.3 is 9.47 Å². The summed E-state index contributed by atoms with van der Waals surface area (Å²) >= 11 is 0. The van der Waals surface area contributed by atoms with Crippen LogP contribution in [0, 0.1) is 0 Å². The van der Waals surface area contributed by atoms with Gasteiger partial charge in [0.15, 0.2) is 0 Å². The first-order chi connectivity index (χ1) is 6.65. The molecular weight excluding hydrogens is 188 g/mol. The molecule has 0 saturated carbocycles. The molecule has 0 aromatic carbocycles. The van der Waals surface area contributed by atoms with Crippen LogP contribution >= 0.6 is 0 Å².